The summed E-state index contributed by atoms with van der Waals surface area (Å²) in [6.07, 6.45) is 0. The van der Waals surface area contributed by atoms with Crippen molar-refractivity contribution in [3.63, 3.8) is 0 Å². The maximum Gasteiger partial charge on any atom is 2.00 e. The van der Waals surface area contributed by atoms with Crippen LogP contribution >= 0.6 is 0 Å². The molecule has 0 aromatic rings. The number of nitrogens with two attached hydrogens (primary N) is 1. The Hall–Kier alpha value is 0.236. The molecule has 0 saturated heterocycles. The maximum absolute atomic E-state index is 9.22. The van der Waals surface area contributed by atoms with Gasteiger partial charge in [-0.3, -0.25) is 4.79 Å². The molecule has 5 heavy (non-hydrogen) atoms. The Morgan fingerprint density at radius 1 is 2.00 bits per heavy atom. The van der Waals surface area contributed by atoms with Crippen molar-refractivity contribution in [1.82, 2.24) is 0 Å². The molecule has 0 radical (unpaired) electrons. The van der Waals surface area contributed by atoms with E-state index in [-0.39, 0.29) is 31.8 Å². The first-order chi connectivity index (χ1) is 1.73. The molecule has 0 saturated carbocycles. The molecule has 28 valence electrons. The predicted molar refractivity (Wildman–Crippen MR) is 22.8 cm³/mol. The molecule has 0 aliphatic carbocycles. The van der Waals surface area contributed by atoms with Gasteiger partial charge in [-0.25, -0.2) is 0 Å². The van der Waals surface area contributed by atoms with Crippen LogP contribution in [0.5, 0.6) is 0 Å². The Labute approximate surface area is 49.8 Å². The molecular formula is C2H7MgNO. The molecule has 0 spiro atoms. The molecule has 2 N–H and O–H groups in total. The van der Waals surface area contributed by atoms with Gasteiger partial charge in [0, 0.05) is 6.92 Å². The van der Waals surface area contributed by atoms with Crippen molar-refractivity contribution in [2.24, 2.45) is 5.73 Å². The SMILES string of the molecule is CC(N)=O.[H-].[H-].[Mg+2]. The molecule has 0 atom stereocenters. The molecule has 0 aliphatic heterocycles. The van der Waals surface area contributed by atoms with Crippen LogP contribution in [-0.2, 0) is 4.79 Å². The van der Waals surface area contributed by atoms with Gasteiger partial charge in [-0.15, -0.1) is 0 Å². The summed E-state index contributed by atoms with van der Waals surface area (Å²) in [6.45, 7) is 1.31. The van der Waals surface area contributed by atoms with Crippen LogP contribution in [0.4, 0.5) is 0 Å². The Kier molecular flexibility index (Phi) is 7.60. The van der Waals surface area contributed by atoms with Gasteiger partial charge in [-0.2, -0.15) is 0 Å². The van der Waals surface area contributed by atoms with E-state index in [1.807, 2.05) is 0 Å². The summed E-state index contributed by atoms with van der Waals surface area (Å²) in [5.41, 5.74) is 4.47. The number of amides is 1. The van der Waals surface area contributed by atoms with Gasteiger partial charge in [-0.1, -0.05) is 0 Å². The third-order valence-corrected chi connectivity index (χ3v) is 0. The second-order valence-electron chi connectivity index (χ2n) is 0.611. The molecule has 2 nitrogen and oxygen atoms in total. The van der Waals surface area contributed by atoms with Crippen molar-refractivity contribution in [2.45, 2.75) is 6.92 Å². The first-order valence-electron chi connectivity index (χ1n) is 0.993. The van der Waals surface area contributed by atoms with Crippen molar-refractivity contribution < 1.29 is 7.65 Å². The van der Waals surface area contributed by atoms with E-state index in [0.717, 1.165) is 0 Å². The molecule has 3 heteroatoms. The van der Waals surface area contributed by atoms with Gasteiger partial charge >= 0.3 is 23.1 Å². The average Bonchev–Trinajstić information content (AvgIpc) is 0.811. The number of carbonyl (C=O) groups excluding carboxylic acids is 1. The molecule has 0 aromatic carbocycles. The summed E-state index contributed by atoms with van der Waals surface area (Å²) >= 11 is 0. The van der Waals surface area contributed by atoms with E-state index in [4.69, 9.17) is 0 Å². The normalized spacial score (nSPS) is 5.00. The topological polar surface area (TPSA) is 43.1 Å². The van der Waals surface area contributed by atoms with Gasteiger partial charge < -0.3 is 8.59 Å². The van der Waals surface area contributed by atoms with Gasteiger partial charge in [0.2, 0.25) is 5.91 Å². The van der Waals surface area contributed by atoms with E-state index in [9.17, 15) is 4.79 Å². The fraction of sp³-hybridized carbons (Fsp3) is 0.500. The van der Waals surface area contributed by atoms with Crippen molar-refractivity contribution in [3.05, 3.63) is 0 Å². The summed E-state index contributed by atoms with van der Waals surface area (Å²) in [7, 11) is 0. The number of rotatable bonds is 0. The van der Waals surface area contributed by atoms with Gasteiger partial charge in [-0.05, 0) is 0 Å². The van der Waals surface area contributed by atoms with Crippen LogP contribution in [0.25, 0.3) is 0 Å². The molecule has 0 bridgehead atoms. The van der Waals surface area contributed by atoms with Crippen LogP contribution in [0.15, 0.2) is 0 Å². The van der Waals surface area contributed by atoms with Crippen LogP contribution < -0.4 is 5.73 Å². The summed E-state index contributed by atoms with van der Waals surface area (Å²) in [4.78, 5) is 9.22. The van der Waals surface area contributed by atoms with Crippen LogP contribution in [0.2, 0.25) is 0 Å². The summed E-state index contributed by atoms with van der Waals surface area (Å²) in [6, 6.07) is 0. The Morgan fingerprint density at radius 3 is 2.00 bits per heavy atom. The third kappa shape index (κ3) is 380. The van der Waals surface area contributed by atoms with E-state index in [0.29, 0.717) is 0 Å². The zero-order valence-corrected chi connectivity index (χ0v) is 4.61. The minimum absolute atomic E-state index is 0. The van der Waals surface area contributed by atoms with Crippen LogP contribution in [0.1, 0.15) is 9.78 Å². The monoisotopic (exact) mass is 85.0 g/mol. The van der Waals surface area contributed by atoms with Crippen LogP contribution in [0, 0.1) is 0 Å². The molecule has 0 rings (SSSR count). The number of primary amides is 1. The number of hydrogen-bond acceptors (Lipinski definition) is 1. The second-order valence-corrected chi connectivity index (χ2v) is 0.611. The molecule has 0 heterocycles. The molecular weight excluding hydrogens is 78.3 g/mol. The fourth-order valence-corrected chi connectivity index (χ4v) is 0. The van der Waals surface area contributed by atoms with Crippen LogP contribution in [-0.4, -0.2) is 29.0 Å². The quantitative estimate of drug-likeness (QED) is 0.390. The summed E-state index contributed by atoms with van der Waals surface area (Å²) in [5.74, 6) is -0.333. The largest absolute Gasteiger partial charge is 2.00 e. The summed E-state index contributed by atoms with van der Waals surface area (Å²) in [5, 5.41) is 0. The van der Waals surface area contributed by atoms with E-state index in [1.165, 1.54) is 6.92 Å². The molecule has 0 unspecified atom stereocenters. The van der Waals surface area contributed by atoms with Crippen LogP contribution in [0.3, 0.4) is 0 Å². The molecule has 0 fully saturated rings. The standard InChI is InChI=1S/C2H5NO.Mg.2H/c1-2(3)4;;;/h1H3,(H2,3,4);;;/q;+2;2*-1. The second kappa shape index (κ2) is 4.24. The summed E-state index contributed by atoms with van der Waals surface area (Å²) < 4.78 is 0. The van der Waals surface area contributed by atoms with Crippen molar-refractivity contribution in [1.29, 1.82) is 0 Å². The van der Waals surface area contributed by atoms with Gasteiger partial charge in [0.25, 0.3) is 0 Å². The minimum Gasteiger partial charge on any atom is -1.00 e. The molecule has 0 aromatic heterocycles. The van der Waals surface area contributed by atoms with Gasteiger partial charge in [0.1, 0.15) is 0 Å². The van der Waals surface area contributed by atoms with Gasteiger partial charge in [0.15, 0.2) is 0 Å². The van der Waals surface area contributed by atoms with E-state index >= 15 is 0 Å². The van der Waals surface area contributed by atoms with Crippen molar-refractivity contribution in [3.8, 4) is 0 Å². The molecule has 1 amide bonds. The average molecular weight is 85.4 g/mol. The van der Waals surface area contributed by atoms with E-state index in [2.05, 4.69) is 5.73 Å². The van der Waals surface area contributed by atoms with Crippen molar-refractivity contribution in [2.75, 3.05) is 0 Å². The Bertz CT molecular complexity index is 38.7. The van der Waals surface area contributed by atoms with Crippen molar-refractivity contribution >= 4 is 29.0 Å². The predicted octanol–water partition coefficient (Wildman–Crippen LogP) is -0.664. The Balaban J connectivity index is -0.0000000150. The first kappa shape index (κ1) is 8.97. The smallest absolute Gasteiger partial charge is 1.00 e. The number of carbonyl (C=O) groups is 1. The zero-order chi connectivity index (χ0) is 3.58. The van der Waals surface area contributed by atoms with E-state index in [1.54, 1.807) is 0 Å². The fourth-order valence-electron chi connectivity index (χ4n) is 0. The maximum atomic E-state index is 9.22. The Morgan fingerprint density at radius 2 is 2.00 bits per heavy atom. The zero-order valence-electron chi connectivity index (χ0n) is 5.19. The molecule has 0 aliphatic rings. The third-order valence-electron chi connectivity index (χ3n) is 0. The van der Waals surface area contributed by atoms with E-state index < -0.39 is 0 Å². The van der Waals surface area contributed by atoms with Gasteiger partial charge in [0.05, 0.1) is 0 Å². The number of hydrogen-bond donors (Lipinski definition) is 1. The first-order valence-corrected chi connectivity index (χ1v) is 0.993. The minimum atomic E-state index is -0.333.